The van der Waals surface area contributed by atoms with Crippen LogP contribution in [0.1, 0.15) is 37.1 Å². The van der Waals surface area contributed by atoms with Gasteiger partial charge in [-0.05, 0) is 45.1 Å². The number of hydrogen-bond acceptors (Lipinski definition) is 5. The molecule has 0 bridgehead atoms. The van der Waals surface area contributed by atoms with Crippen LogP contribution in [0.5, 0.6) is 0 Å². The number of nitrogens with zero attached hydrogens (tertiary/aromatic N) is 3. The van der Waals surface area contributed by atoms with Crippen molar-refractivity contribution in [3.63, 3.8) is 0 Å². The van der Waals surface area contributed by atoms with Crippen molar-refractivity contribution in [1.29, 1.82) is 0 Å². The van der Waals surface area contributed by atoms with E-state index < -0.39 is 0 Å². The lowest BCUT2D eigenvalue weighted by molar-refractivity contribution is 0.255. The number of rotatable bonds is 4. The topological polar surface area (TPSA) is 76.7 Å². The maximum Gasteiger partial charge on any atom is 0.242 e. The Hall–Kier alpha value is -1.23. The summed E-state index contributed by atoms with van der Waals surface area (Å²) < 4.78 is 0. The fourth-order valence-corrected chi connectivity index (χ4v) is 2.62. The smallest absolute Gasteiger partial charge is 0.242 e. The van der Waals surface area contributed by atoms with Crippen molar-refractivity contribution < 1.29 is 0 Å². The van der Waals surface area contributed by atoms with Gasteiger partial charge in [0.15, 0.2) is 0 Å². The van der Waals surface area contributed by atoms with Crippen molar-refractivity contribution in [3.05, 3.63) is 11.4 Å². The molecule has 1 aliphatic carbocycles. The van der Waals surface area contributed by atoms with Gasteiger partial charge in [0.1, 0.15) is 0 Å². The van der Waals surface area contributed by atoms with E-state index in [0.717, 1.165) is 24.5 Å². The summed E-state index contributed by atoms with van der Waals surface area (Å²) in [6.45, 7) is 5.58. The molecule has 0 spiro atoms. The van der Waals surface area contributed by atoms with Gasteiger partial charge in [-0.2, -0.15) is 5.10 Å². The van der Waals surface area contributed by atoms with E-state index in [2.05, 4.69) is 20.5 Å². The number of anilines is 1. The van der Waals surface area contributed by atoms with Crippen LogP contribution < -0.4 is 11.1 Å². The van der Waals surface area contributed by atoms with Crippen LogP contribution in [0.15, 0.2) is 0 Å². The zero-order chi connectivity index (χ0) is 13.0. The second-order valence-electron chi connectivity index (χ2n) is 5.23. The summed E-state index contributed by atoms with van der Waals surface area (Å²) in [6.07, 6.45) is 5.15. The molecule has 1 fully saturated rings. The maximum atomic E-state index is 5.84. The van der Waals surface area contributed by atoms with E-state index in [0.29, 0.717) is 17.8 Å². The first-order valence-electron chi connectivity index (χ1n) is 6.82. The predicted molar refractivity (Wildman–Crippen MR) is 72.3 cm³/mol. The molecule has 3 N–H and O–H groups in total. The standard InChI is InChI=1S/C13H23N5/c1-9-10(2)17-18-13(16-9)15-8-12-6-4-3-5-11(12)7-14/h11-12H,3-8,14H2,1-2H3,(H,15,16,18). The molecule has 0 radical (unpaired) electrons. The minimum Gasteiger partial charge on any atom is -0.353 e. The maximum absolute atomic E-state index is 5.84. The highest BCUT2D eigenvalue weighted by Gasteiger charge is 2.23. The van der Waals surface area contributed by atoms with E-state index in [1.54, 1.807) is 0 Å². The molecule has 0 aromatic carbocycles. The molecule has 1 aliphatic rings. The first kappa shape index (κ1) is 13.2. The Bertz CT molecular complexity index is 393. The molecule has 0 amide bonds. The molecule has 100 valence electrons. The van der Waals surface area contributed by atoms with Crippen molar-refractivity contribution >= 4 is 5.95 Å². The molecule has 1 aromatic heterocycles. The second kappa shape index (κ2) is 6.09. The molecule has 5 heteroatoms. The van der Waals surface area contributed by atoms with Crippen LogP contribution in [0.4, 0.5) is 5.95 Å². The number of nitrogens with two attached hydrogens (primary N) is 1. The van der Waals surface area contributed by atoms with Crippen LogP contribution in [-0.4, -0.2) is 28.3 Å². The zero-order valence-electron chi connectivity index (χ0n) is 11.3. The van der Waals surface area contributed by atoms with E-state index in [-0.39, 0.29) is 0 Å². The zero-order valence-corrected chi connectivity index (χ0v) is 11.3. The van der Waals surface area contributed by atoms with Crippen LogP contribution in [0, 0.1) is 25.7 Å². The number of aryl methyl sites for hydroxylation is 2. The van der Waals surface area contributed by atoms with Crippen LogP contribution in [0.2, 0.25) is 0 Å². The molecule has 1 saturated carbocycles. The van der Waals surface area contributed by atoms with Crippen LogP contribution in [-0.2, 0) is 0 Å². The Balaban J connectivity index is 1.91. The van der Waals surface area contributed by atoms with E-state index in [1.807, 2.05) is 13.8 Å². The molecule has 2 rings (SSSR count). The van der Waals surface area contributed by atoms with Gasteiger partial charge in [-0.3, -0.25) is 0 Å². The lowest BCUT2D eigenvalue weighted by Gasteiger charge is -2.30. The van der Waals surface area contributed by atoms with E-state index in [9.17, 15) is 0 Å². The first-order valence-corrected chi connectivity index (χ1v) is 6.82. The van der Waals surface area contributed by atoms with Crippen molar-refractivity contribution in [3.8, 4) is 0 Å². The normalized spacial score (nSPS) is 23.9. The summed E-state index contributed by atoms with van der Waals surface area (Å²) in [7, 11) is 0. The summed E-state index contributed by atoms with van der Waals surface area (Å²) in [5.41, 5.74) is 7.66. The molecule has 0 saturated heterocycles. The van der Waals surface area contributed by atoms with Crippen LogP contribution in [0.25, 0.3) is 0 Å². The van der Waals surface area contributed by atoms with Gasteiger partial charge in [0.05, 0.1) is 11.4 Å². The number of nitrogens with one attached hydrogen (secondary N) is 1. The summed E-state index contributed by atoms with van der Waals surface area (Å²) in [6, 6.07) is 0. The summed E-state index contributed by atoms with van der Waals surface area (Å²) >= 11 is 0. The predicted octanol–water partition coefficient (Wildman–Crippen LogP) is 1.67. The van der Waals surface area contributed by atoms with Crippen molar-refractivity contribution in [2.45, 2.75) is 39.5 Å². The van der Waals surface area contributed by atoms with Gasteiger partial charge < -0.3 is 11.1 Å². The van der Waals surface area contributed by atoms with Gasteiger partial charge in [-0.25, -0.2) is 4.98 Å². The highest BCUT2D eigenvalue weighted by Crippen LogP contribution is 2.29. The van der Waals surface area contributed by atoms with Gasteiger partial charge in [-0.1, -0.05) is 12.8 Å². The largest absolute Gasteiger partial charge is 0.353 e. The minimum absolute atomic E-state index is 0.638. The third kappa shape index (κ3) is 3.16. The van der Waals surface area contributed by atoms with Gasteiger partial charge in [-0.15, -0.1) is 5.10 Å². The lowest BCUT2D eigenvalue weighted by atomic mass is 9.79. The molecule has 0 aliphatic heterocycles. The molecular formula is C13H23N5. The monoisotopic (exact) mass is 249 g/mol. The molecule has 2 unspecified atom stereocenters. The van der Waals surface area contributed by atoms with Crippen molar-refractivity contribution in [1.82, 2.24) is 15.2 Å². The van der Waals surface area contributed by atoms with Crippen molar-refractivity contribution in [2.24, 2.45) is 17.6 Å². The SMILES string of the molecule is Cc1nnc(NCC2CCCCC2CN)nc1C. The molecule has 1 aromatic rings. The van der Waals surface area contributed by atoms with E-state index in [4.69, 9.17) is 5.73 Å². The van der Waals surface area contributed by atoms with Gasteiger partial charge in [0, 0.05) is 6.54 Å². The van der Waals surface area contributed by atoms with E-state index >= 15 is 0 Å². The quantitative estimate of drug-likeness (QED) is 0.848. The van der Waals surface area contributed by atoms with Crippen LogP contribution in [0.3, 0.4) is 0 Å². The van der Waals surface area contributed by atoms with Gasteiger partial charge in [0.2, 0.25) is 5.95 Å². The fraction of sp³-hybridized carbons (Fsp3) is 0.769. The highest BCUT2D eigenvalue weighted by atomic mass is 15.2. The van der Waals surface area contributed by atoms with Crippen LogP contribution >= 0.6 is 0 Å². The molecule has 1 heterocycles. The van der Waals surface area contributed by atoms with Gasteiger partial charge in [0.25, 0.3) is 0 Å². The van der Waals surface area contributed by atoms with Crippen molar-refractivity contribution in [2.75, 3.05) is 18.4 Å². The third-order valence-electron chi connectivity index (χ3n) is 3.98. The summed E-state index contributed by atoms with van der Waals surface area (Å²) in [5, 5.41) is 11.5. The number of hydrogen-bond donors (Lipinski definition) is 2. The Kier molecular flexibility index (Phi) is 4.47. The average molecular weight is 249 g/mol. The summed E-state index contributed by atoms with van der Waals surface area (Å²) in [4.78, 5) is 4.39. The highest BCUT2D eigenvalue weighted by molar-refractivity contribution is 5.24. The second-order valence-corrected chi connectivity index (χ2v) is 5.23. The third-order valence-corrected chi connectivity index (χ3v) is 3.98. The fourth-order valence-electron chi connectivity index (χ4n) is 2.62. The molecular weight excluding hydrogens is 226 g/mol. The Morgan fingerprint density at radius 3 is 2.50 bits per heavy atom. The molecule has 18 heavy (non-hydrogen) atoms. The average Bonchev–Trinajstić information content (AvgIpc) is 2.40. The van der Waals surface area contributed by atoms with Gasteiger partial charge >= 0.3 is 0 Å². The Morgan fingerprint density at radius 1 is 1.11 bits per heavy atom. The van der Waals surface area contributed by atoms with E-state index in [1.165, 1.54) is 25.7 Å². The molecule has 2 atom stereocenters. The molecule has 5 nitrogen and oxygen atoms in total. The first-order chi connectivity index (χ1) is 8.70. The Labute approximate surface area is 109 Å². The number of aromatic nitrogens is 3. The minimum atomic E-state index is 0.638. The lowest BCUT2D eigenvalue weighted by Crippen LogP contribution is -2.31. The Morgan fingerprint density at radius 2 is 1.83 bits per heavy atom. The summed E-state index contributed by atoms with van der Waals surface area (Å²) in [5.74, 6) is 1.93.